The highest BCUT2D eigenvalue weighted by Crippen LogP contribution is 2.25. The van der Waals surface area contributed by atoms with Gasteiger partial charge in [0.15, 0.2) is 0 Å². The number of benzene rings is 1. The molecule has 7 heteroatoms. The van der Waals surface area contributed by atoms with E-state index in [0.717, 1.165) is 16.0 Å². The molecule has 0 unspecified atom stereocenters. The Labute approximate surface area is 148 Å². The molecule has 0 bridgehead atoms. The van der Waals surface area contributed by atoms with Crippen LogP contribution in [0.1, 0.15) is 10.4 Å². The maximum atomic E-state index is 12.2. The van der Waals surface area contributed by atoms with E-state index in [4.69, 9.17) is 4.42 Å². The number of thioether (sulfide) groups is 1. The minimum absolute atomic E-state index is 0.0315. The second-order valence-corrected chi connectivity index (χ2v) is 7.26. The van der Waals surface area contributed by atoms with Crippen molar-refractivity contribution in [1.29, 1.82) is 0 Å². The van der Waals surface area contributed by atoms with Crippen LogP contribution in [0.3, 0.4) is 0 Å². The standard InChI is InChI=1S/C17H17N3O2S2/c1-12-6-3-4-8-14(12)16-18-19-17(22-16)24-11-15(21)20(2)10-13-7-5-9-23-13/h3-9H,10-11H2,1-2H3. The van der Waals surface area contributed by atoms with Crippen LogP contribution in [0.2, 0.25) is 0 Å². The maximum Gasteiger partial charge on any atom is 0.277 e. The van der Waals surface area contributed by atoms with Crippen LogP contribution in [-0.2, 0) is 11.3 Å². The van der Waals surface area contributed by atoms with Gasteiger partial charge < -0.3 is 9.32 Å². The van der Waals surface area contributed by atoms with Gasteiger partial charge in [-0.25, -0.2) is 0 Å². The van der Waals surface area contributed by atoms with Gasteiger partial charge in [-0.1, -0.05) is 36.0 Å². The van der Waals surface area contributed by atoms with Crippen molar-refractivity contribution in [3.05, 3.63) is 52.2 Å². The fourth-order valence-electron chi connectivity index (χ4n) is 2.15. The number of hydrogen-bond acceptors (Lipinski definition) is 6. The summed E-state index contributed by atoms with van der Waals surface area (Å²) in [5.74, 6) is 0.788. The summed E-state index contributed by atoms with van der Waals surface area (Å²) in [6, 6.07) is 11.8. The summed E-state index contributed by atoms with van der Waals surface area (Å²) in [5, 5.41) is 10.5. The summed E-state index contributed by atoms with van der Waals surface area (Å²) in [7, 11) is 1.80. The molecule has 124 valence electrons. The van der Waals surface area contributed by atoms with Crippen LogP contribution in [0.4, 0.5) is 0 Å². The van der Waals surface area contributed by atoms with E-state index in [9.17, 15) is 4.79 Å². The highest BCUT2D eigenvalue weighted by atomic mass is 32.2. The van der Waals surface area contributed by atoms with Crippen LogP contribution < -0.4 is 0 Å². The average Bonchev–Trinajstić information content (AvgIpc) is 3.24. The van der Waals surface area contributed by atoms with Gasteiger partial charge in [-0.2, -0.15) is 0 Å². The van der Waals surface area contributed by atoms with Crippen molar-refractivity contribution >= 4 is 29.0 Å². The first-order chi connectivity index (χ1) is 11.6. The zero-order valence-electron chi connectivity index (χ0n) is 13.4. The van der Waals surface area contributed by atoms with E-state index < -0.39 is 0 Å². The van der Waals surface area contributed by atoms with Gasteiger partial charge in [0.2, 0.25) is 11.8 Å². The summed E-state index contributed by atoms with van der Waals surface area (Å²) >= 11 is 2.91. The SMILES string of the molecule is Cc1ccccc1-c1nnc(SCC(=O)N(C)Cc2cccs2)o1. The molecule has 3 rings (SSSR count). The van der Waals surface area contributed by atoms with Crippen LogP contribution in [0, 0.1) is 6.92 Å². The first-order valence-corrected chi connectivity index (χ1v) is 9.28. The Bertz CT molecular complexity index is 815. The highest BCUT2D eigenvalue weighted by Gasteiger charge is 2.15. The number of thiophene rings is 1. The van der Waals surface area contributed by atoms with Crippen molar-refractivity contribution in [2.45, 2.75) is 18.7 Å². The van der Waals surface area contributed by atoms with Crippen LogP contribution in [0.15, 0.2) is 51.4 Å². The molecular formula is C17H17N3O2S2. The Morgan fingerprint density at radius 3 is 2.83 bits per heavy atom. The van der Waals surface area contributed by atoms with E-state index >= 15 is 0 Å². The van der Waals surface area contributed by atoms with Gasteiger partial charge in [0.25, 0.3) is 5.22 Å². The second-order valence-electron chi connectivity index (χ2n) is 5.31. The van der Waals surface area contributed by atoms with Gasteiger partial charge in [0.1, 0.15) is 0 Å². The van der Waals surface area contributed by atoms with E-state index in [-0.39, 0.29) is 11.7 Å². The van der Waals surface area contributed by atoms with Gasteiger partial charge in [-0.15, -0.1) is 21.5 Å². The predicted octanol–water partition coefficient (Wildman–Crippen LogP) is 3.86. The minimum Gasteiger partial charge on any atom is -0.411 e. The number of aryl methyl sites for hydroxylation is 1. The van der Waals surface area contributed by atoms with E-state index in [0.29, 0.717) is 17.7 Å². The van der Waals surface area contributed by atoms with Gasteiger partial charge in [0, 0.05) is 17.5 Å². The van der Waals surface area contributed by atoms with Crippen LogP contribution in [0.5, 0.6) is 0 Å². The number of nitrogens with zero attached hydrogens (tertiary/aromatic N) is 3. The van der Waals surface area contributed by atoms with Crippen molar-refractivity contribution in [1.82, 2.24) is 15.1 Å². The first kappa shape index (κ1) is 16.7. The molecule has 0 saturated carbocycles. The zero-order chi connectivity index (χ0) is 16.9. The van der Waals surface area contributed by atoms with Gasteiger partial charge in [-0.3, -0.25) is 4.79 Å². The first-order valence-electron chi connectivity index (χ1n) is 7.42. The van der Waals surface area contributed by atoms with E-state index in [1.807, 2.05) is 48.7 Å². The Morgan fingerprint density at radius 2 is 2.08 bits per heavy atom. The Hall–Kier alpha value is -2.12. The van der Waals surface area contributed by atoms with Crippen molar-refractivity contribution in [3.63, 3.8) is 0 Å². The highest BCUT2D eigenvalue weighted by molar-refractivity contribution is 7.99. The van der Waals surface area contributed by atoms with E-state index in [1.54, 1.807) is 23.3 Å². The number of carbonyl (C=O) groups is 1. The van der Waals surface area contributed by atoms with E-state index in [2.05, 4.69) is 10.2 Å². The molecule has 3 aromatic rings. The fraction of sp³-hybridized carbons (Fsp3) is 0.235. The summed E-state index contributed by atoms with van der Waals surface area (Å²) in [6.45, 7) is 2.62. The number of hydrogen-bond donors (Lipinski definition) is 0. The number of amides is 1. The molecule has 2 aromatic heterocycles. The lowest BCUT2D eigenvalue weighted by atomic mass is 10.1. The van der Waals surface area contributed by atoms with Gasteiger partial charge in [-0.05, 0) is 30.0 Å². The largest absolute Gasteiger partial charge is 0.411 e. The summed E-state index contributed by atoms with van der Waals surface area (Å²) in [6.07, 6.45) is 0. The molecule has 0 fully saturated rings. The lowest BCUT2D eigenvalue weighted by molar-refractivity contribution is -0.127. The molecule has 0 atom stereocenters. The quantitative estimate of drug-likeness (QED) is 0.626. The fourth-order valence-corrected chi connectivity index (χ4v) is 3.61. The maximum absolute atomic E-state index is 12.2. The van der Waals surface area contributed by atoms with Crippen molar-refractivity contribution < 1.29 is 9.21 Å². The van der Waals surface area contributed by atoms with Crippen molar-refractivity contribution in [2.75, 3.05) is 12.8 Å². The molecule has 0 spiro atoms. The van der Waals surface area contributed by atoms with Crippen LogP contribution in [0.25, 0.3) is 11.5 Å². The average molecular weight is 359 g/mol. The predicted molar refractivity (Wildman–Crippen MR) is 96.0 cm³/mol. The molecule has 0 radical (unpaired) electrons. The van der Waals surface area contributed by atoms with Gasteiger partial charge in [0.05, 0.1) is 12.3 Å². The third kappa shape index (κ3) is 4.04. The topological polar surface area (TPSA) is 59.2 Å². The molecule has 2 heterocycles. The second kappa shape index (κ2) is 7.63. The molecule has 5 nitrogen and oxygen atoms in total. The third-order valence-electron chi connectivity index (χ3n) is 3.50. The monoisotopic (exact) mass is 359 g/mol. The minimum atomic E-state index is 0.0315. The zero-order valence-corrected chi connectivity index (χ0v) is 15.1. The molecule has 0 aliphatic carbocycles. The lowest BCUT2D eigenvalue weighted by Crippen LogP contribution is -2.27. The Morgan fingerprint density at radius 1 is 1.25 bits per heavy atom. The van der Waals surface area contributed by atoms with Crippen molar-refractivity contribution in [3.8, 4) is 11.5 Å². The molecule has 1 amide bonds. The molecular weight excluding hydrogens is 342 g/mol. The smallest absolute Gasteiger partial charge is 0.277 e. The van der Waals surface area contributed by atoms with E-state index in [1.165, 1.54) is 11.8 Å². The summed E-state index contributed by atoms with van der Waals surface area (Å²) in [4.78, 5) is 15.1. The Balaban J connectivity index is 1.57. The third-order valence-corrected chi connectivity index (χ3v) is 5.16. The number of rotatable bonds is 6. The molecule has 0 aliphatic heterocycles. The summed E-state index contributed by atoms with van der Waals surface area (Å²) < 4.78 is 5.66. The van der Waals surface area contributed by atoms with Gasteiger partial charge >= 0.3 is 0 Å². The number of aromatic nitrogens is 2. The van der Waals surface area contributed by atoms with Crippen LogP contribution >= 0.6 is 23.1 Å². The van der Waals surface area contributed by atoms with Crippen molar-refractivity contribution in [2.24, 2.45) is 0 Å². The molecule has 0 aliphatic rings. The molecule has 1 aromatic carbocycles. The Kier molecular flexibility index (Phi) is 5.32. The lowest BCUT2D eigenvalue weighted by Gasteiger charge is -2.15. The molecule has 24 heavy (non-hydrogen) atoms. The number of carbonyl (C=O) groups excluding carboxylic acids is 1. The normalized spacial score (nSPS) is 10.8. The summed E-state index contributed by atoms with van der Waals surface area (Å²) in [5.41, 5.74) is 1.99. The van der Waals surface area contributed by atoms with Crippen LogP contribution in [-0.4, -0.2) is 33.8 Å². The molecule has 0 N–H and O–H groups in total. The molecule has 0 saturated heterocycles.